The van der Waals surface area contributed by atoms with E-state index >= 15 is 0 Å². The zero-order valence-corrected chi connectivity index (χ0v) is 34.5. The Kier molecular flexibility index (Phi) is 43.6. The molecule has 1 atom stereocenters. The summed E-state index contributed by atoms with van der Waals surface area (Å²) in [5, 5.41) is 6.11. The molecule has 51 heavy (non-hydrogen) atoms. The van der Waals surface area contributed by atoms with Crippen molar-refractivity contribution in [2.45, 2.75) is 213 Å². The van der Waals surface area contributed by atoms with Crippen LogP contribution in [0.3, 0.4) is 0 Å². The first-order valence-corrected chi connectivity index (χ1v) is 22.3. The SMILES string of the molecule is CCCCCCCCC=CCCCCCCCCOCC(COC(=O)NCCNCCC)OCCCCCCCCC=CCCCCCCCC. The van der Waals surface area contributed by atoms with Crippen molar-refractivity contribution in [2.75, 3.05) is 46.1 Å². The van der Waals surface area contributed by atoms with Crippen LogP contribution in [0.5, 0.6) is 0 Å². The minimum absolute atomic E-state index is 0.216. The van der Waals surface area contributed by atoms with Crippen molar-refractivity contribution in [2.24, 2.45) is 0 Å². The van der Waals surface area contributed by atoms with E-state index in [0.29, 0.717) is 19.8 Å². The quantitative estimate of drug-likeness (QED) is 0.0485. The van der Waals surface area contributed by atoms with Crippen LogP contribution in [-0.2, 0) is 14.2 Å². The highest BCUT2D eigenvalue weighted by Gasteiger charge is 2.13. The average molecular weight is 721 g/mol. The molecule has 0 aliphatic heterocycles. The number of amides is 1. The lowest BCUT2D eigenvalue weighted by atomic mass is 10.1. The molecular formula is C45H88N2O4. The van der Waals surface area contributed by atoms with Gasteiger partial charge in [0.25, 0.3) is 0 Å². The van der Waals surface area contributed by atoms with Crippen molar-refractivity contribution in [3.05, 3.63) is 24.3 Å². The largest absolute Gasteiger partial charge is 0.447 e. The molecule has 6 nitrogen and oxygen atoms in total. The van der Waals surface area contributed by atoms with Crippen LogP contribution in [0.1, 0.15) is 207 Å². The van der Waals surface area contributed by atoms with E-state index in [4.69, 9.17) is 14.2 Å². The Balaban J connectivity index is 3.97. The van der Waals surface area contributed by atoms with E-state index in [1.165, 1.54) is 167 Å². The van der Waals surface area contributed by atoms with Gasteiger partial charge in [0.1, 0.15) is 12.7 Å². The monoisotopic (exact) mass is 721 g/mol. The molecule has 0 aromatic rings. The molecule has 302 valence electrons. The summed E-state index contributed by atoms with van der Waals surface area (Å²) in [7, 11) is 0. The molecular weight excluding hydrogens is 633 g/mol. The van der Waals surface area contributed by atoms with Gasteiger partial charge in [-0.1, -0.05) is 161 Å². The molecule has 0 fully saturated rings. The van der Waals surface area contributed by atoms with E-state index in [2.05, 4.69) is 55.7 Å². The molecule has 2 N–H and O–H groups in total. The fourth-order valence-electron chi connectivity index (χ4n) is 6.18. The first kappa shape index (κ1) is 49.6. The van der Waals surface area contributed by atoms with Gasteiger partial charge < -0.3 is 24.8 Å². The van der Waals surface area contributed by atoms with Crippen LogP contribution in [0.25, 0.3) is 0 Å². The van der Waals surface area contributed by atoms with Crippen LogP contribution in [0.2, 0.25) is 0 Å². The van der Waals surface area contributed by atoms with Gasteiger partial charge in [-0.15, -0.1) is 0 Å². The lowest BCUT2D eigenvalue weighted by Gasteiger charge is -2.18. The molecule has 1 amide bonds. The fraction of sp³-hybridized carbons (Fsp3) is 0.889. The van der Waals surface area contributed by atoms with Gasteiger partial charge >= 0.3 is 6.09 Å². The molecule has 0 aliphatic rings. The predicted octanol–water partition coefficient (Wildman–Crippen LogP) is 13.2. The number of hydrogen-bond donors (Lipinski definition) is 2. The Bertz CT molecular complexity index is 729. The van der Waals surface area contributed by atoms with Gasteiger partial charge in [0, 0.05) is 26.3 Å². The second-order valence-electron chi connectivity index (χ2n) is 14.7. The maximum atomic E-state index is 12.2. The molecule has 0 rings (SSSR count). The molecule has 0 saturated heterocycles. The van der Waals surface area contributed by atoms with E-state index in [9.17, 15) is 4.79 Å². The first-order valence-electron chi connectivity index (χ1n) is 22.3. The Morgan fingerprint density at radius 3 is 1.37 bits per heavy atom. The maximum Gasteiger partial charge on any atom is 0.407 e. The lowest BCUT2D eigenvalue weighted by Crippen LogP contribution is -2.35. The molecule has 0 saturated carbocycles. The summed E-state index contributed by atoms with van der Waals surface area (Å²) in [6.07, 6.45) is 46.5. The fourth-order valence-corrected chi connectivity index (χ4v) is 6.18. The van der Waals surface area contributed by atoms with E-state index in [1.807, 2.05) is 0 Å². The van der Waals surface area contributed by atoms with Gasteiger partial charge in [-0.05, 0) is 77.2 Å². The number of rotatable bonds is 42. The number of carbonyl (C=O) groups is 1. The molecule has 0 aliphatic carbocycles. The van der Waals surface area contributed by atoms with Crippen LogP contribution >= 0.6 is 0 Å². The number of alkyl carbamates (subject to hydrolysis) is 1. The summed E-state index contributed by atoms with van der Waals surface area (Å²) in [6.45, 7) is 11.1. The Labute approximate surface area is 318 Å². The predicted molar refractivity (Wildman–Crippen MR) is 222 cm³/mol. The van der Waals surface area contributed by atoms with Crippen LogP contribution in [0, 0.1) is 0 Å². The maximum absolute atomic E-state index is 12.2. The third-order valence-corrected chi connectivity index (χ3v) is 9.51. The van der Waals surface area contributed by atoms with Crippen molar-refractivity contribution >= 4 is 6.09 Å². The zero-order valence-electron chi connectivity index (χ0n) is 34.5. The van der Waals surface area contributed by atoms with Crippen molar-refractivity contribution in [1.29, 1.82) is 0 Å². The molecule has 0 aromatic heterocycles. The van der Waals surface area contributed by atoms with E-state index in [-0.39, 0.29) is 18.8 Å². The molecule has 0 spiro atoms. The number of carbonyl (C=O) groups excluding carboxylic acids is 1. The molecule has 1 unspecified atom stereocenters. The first-order chi connectivity index (χ1) is 25.2. The number of unbranched alkanes of at least 4 members (excludes halogenated alkanes) is 24. The summed E-state index contributed by atoms with van der Waals surface area (Å²) in [6, 6.07) is 0. The number of ether oxygens (including phenoxy) is 3. The second kappa shape index (κ2) is 44.8. The highest BCUT2D eigenvalue weighted by atomic mass is 16.6. The van der Waals surface area contributed by atoms with Crippen LogP contribution in [0.15, 0.2) is 24.3 Å². The summed E-state index contributed by atoms with van der Waals surface area (Å²) in [5.74, 6) is 0. The van der Waals surface area contributed by atoms with Gasteiger partial charge in [0.05, 0.1) is 6.61 Å². The third-order valence-electron chi connectivity index (χ3n) is 9.51. The highest BCUT2D eigenvalue weighted by Crippen LogP contribution is 2.12. The zero-order chi connectivity index (χ0) is 37.0. The Hall–Kier alpha value is -1.37. The number of nitrogens with one attached hydrogen (secondary N) is 2. The second-order valence-corrected chi connectivity index (χ2v) is 14.7. The van der Waals surface area contributed by atoms with Crippen LogP contribution in [-0.4, -0.2) is 58.3 Å². The standard InChI is InChI=1S/C45H88N2O4/c1-4-7-9-11-13-15-17-19-21-23-25-27-29-31-33-35-40-49-42-44(43-51-45(48)47-39-38-46-37-6-3)50-41-36-34-32-30-28-26-24-22-20-18-16-14-12-10-8-5-2/h19-22,44,46H,4-18,23-43H2,1-3H3,(H,47,48). The molecule has 0 bridgehead atoms. The topological polar surface area (TPSA) is 68.8 Å². The molecule has 0 aromatic carbocycles. The molecule has 0 heterocycles. The van der Waals surface area contributed by atoms with E-state index < -0.39 is 0 Å². The van der Waals surface area contributed by atoms with Crippen molar-refractivity contribution in [3.8, 4) is 0 Å². The van der Waals surface area contributed by atoms with Gasteiger partial charge in [0.15, 0.2) is 0 Å². The Morgan fingerprint density at radius 1 is 0.471 bits per heavy atom. The lowest BCUT2D eigenvalue weighted by molar-refractivity contribution is -0.0468. The van der Waals surface area contributed by atoms with Gasteiger partial charge in [0.2, 0.25) is 0 Å². The highest BCUT2D eigenvalue weighted by molar-refractivity contribution is 5.67. The summed E-state index contributed by atoms with van der Waals surface area (Å²) >= 11 is 0. The minimum atomic E-state index is -0.382. The normalized spacial score (nSPS) is 12.4. The summed E-state index contributed by atoms with van der Waals surface area (Å²) in [4.78, 5) is 12.2. The Morgan fingerprint density at radius 2 is 0.902 bits per heavy atom. The van der Waals surface area contributed by atoms with Crippen LogP contribution < -0.4 is 10.6 Å². The number of hydrogen-bond acceptors (Lipinski definition) is 5. The van der Waals surface area contributed by atoms with Gasteiger partial charge in [-0.25, -0.2) is 4.79 Å². The van der Waals surface area contributed by atoms with Crippen molar-refractivity contribution < 1.29 is 19.0 Å². The van der Waals surface area contributed by atoms with Crippen molar-refractivity contribution in [1.82, 2.24) is 10.6 Å². The van der Waals surface area contributed by atoms with Gasteiger partial charge in [-0.3, -0.25) is 0 Å². The van der Waals surface area contributed by atoms with E-state index in [1.54, 1.807) is 0 Å². The summed E-state index contributed by atoms with van der Waals surface area (Å²) < 4.78 is 17.6. The third kappa shape index (κ3) is 42.9. The number of allylic oxidation sites excluding steroid dienone is 4. The minimum Gasteiger partial charge on any atom is -0.447 e. The van der Waals surface area contributed by atoms with Crippen LogP contribution in [0.4, 0.5) is 4.79 Å². The molecule has 0 radical (unpaired) electrons. The smallest absolute Gasteiger partial charge is 0.407 e. The van der Waals surface area contributed by atoms with Crippen molar-refractivity contribution in [3.63, 3.8) is 0 Å². The van der Waals surface area contributed by atoms with E-state index in [0.717, 1.165) is 39.0 Å². The molecule has 6 heteroatoms. The average Bonchev–Trinajstić information content (AvgIpc) is 3.14. The van der Waals surface area contributed by atoms with Gasteiger partial charge in [-0.2, -0.15) is 0 Å². The summed E-state index contributed by atoms with van der Waals surface area (Å²) in [5.41, 5.74) is 0.